The molecule has 0 spiro atoms. The lowest BCUT2D eigenvalue weighted by atomic mass is 9.90. The summed E-state index contributed by atoms with van der Waals surface area (Å²) in [6.45, 7) is 6.27. The fraction of sp³-hybridized carbons (Fsp3) is 0.591. The maximum absolute atomic E-state index is 12.5. The Bertz CT molecular complexity index is 712. The Balaban J connectivity index is 1.72. The zero-order valence-corrected chi connectivity index (χ0v) is 17.9. The highest BCUT2D eigenvalue weighted by Gasteiger charge is 2.51. The number of aliphatic hydroxyl groups excluding tert-OH is 1. The largest absolute Gasteiger partial charge is 0.497 e. The van der Waals surface area contributed by atoms with E-state index < -0.39 is 17.9 Å². The third-order valence-electron chi connectivity index (χ3n) is 5.79. The second-order valence-corrected chi connectivity index (χ2v) is 9.01. The number of nitrogens with zero attached hydrogens (tertiary/aromatic N) is 1. The molecule has 3 rings (SSSR count). The Morgan fingerprint density at radius 2 is 2.17 bits per heavy atom. The summed E-state index contributed by atoms with van der Waals surface area (Å²) in [6.07, 6.45) is 3.23. The molecule has 6 nitrogen and oxygen atoms in total. The number of aliphatic hydroxyl groups is 2. The Morgan fingerprint density at radius 1 is 1.45 bits per heavy atom. The van der Waals surface area contributed by atoms with Gasteiger partial charge in [-0.2, -0.15) is 0 Å². The van der Waals surface area contributed by atoms with E-state index in [-0.39, 0.29) is 17.8 Å². The average Bonchev–Trinajstić information content (AvgIpc) is 3.07. The second-order valence-electron chi connectivity index (χ2n) is 8.04. The number of amides is 1. The maximum atomic E-state index is 12.5. The zero-order valence-electron chi connectivity index (χ0n) is 17.1. The maximum Gasteiger partial charge on any atom is 0.282 e. The predicted molar refractivity (Wildman–Crippen MR) is 114 cm³/mol. The van der Waals surface area contributed by atoms with E-state index in [4.69, 9.17) is 9.47 Å². The summed E-state index contributed by atoms with van der Waals surface area (Å²) in [5.74, 6) is -0.0124. The van der Waals surface area contributed by atoms with Crippen molar-refractivity contribution in [3.63, 3.8) is 0 Å². The zero-order chi connectivity index (χ0) is 21.0. The van der Waals surface area contributed by atoms with Gasteiger partial charge in [0, 0.05) is 18.7 Å². The van der Waals surface area contributed by atoms with Crippen molar-refractivity contribution in [3.05, 3.63) is 42.5 Å². The van der Waals surface area contributed by atoms with Crippen LogP contribution < -0.4 is 4.74 Å². The first-order chi connectivity index (χ1) is 13.8. The predicted octanol–water partition coefficient (Wildman–Crippen LogP) is 3.56. The number of carbonyl (C=O) groups excluding carboxylic acids is 1. The number of methoxy groups -OCH3 is 1. The number of hydrogen-bond donors (Lipinski definition) is 2. The van der Waals surface area contributed by atoms with Gasteiger partial charge in [0.05, 0.1) is 25.4 Å². The van der Waals surface area contributed by atoms with E-state index in [2.05, 4.69) is 13.5 Å². The summed E-state index contributed by atoms with van der Waals surface area (Å²) in [5, 5.41) is 21.7. The summed E-state index contributed by atoms with van der Waals surface area (Å²) in [7, 11) is 1.61. The number of hydrogen-bond acceptors (Lipinski definition) is 6. The Kier molecular flexibility index (Phi) is 7.27. The fourth-order valence-corrected chi connectivity index (χ4v) is 5.09. The highest BCUT2D eigenvalue weighted by Crippen LogP contribution is 2.40. The summed E-state index contributed by atoms with van der Waals surface area (Å²) in [6, 6.07) is 7.02. The Labute approximate surface area is 176 Å². The highest BCUT2D eigenvalue weighted by atomic mass is 32.2. The first kappa shape index (κ1) is 22.2. The topological polar surface area (TPSA) is 79.2 Å². The molecule has 5 atom stereocenters. The molecule has 1 aromatic carbocycles. The lowest BCUT2D eigenvalue weighted by molar-refractivity contribution is -0.292. The molecule has 2 fully saturated rings. The van der Waals surface area contributed by atoms with Crippen LogP contribution in [-0.4, -0.2) is 57.3 Å². The summed E-state index contributed by atoms with van der Waals surface area (Å²) in [5.41, 5.74) is 0.947. The molecule has 1 amide bonds. The molecule has 0 aliphatic carbocycles. The molecule has 2 saturated heterocycles. The van der Waals surface area contributed by atoms with Crippen molar-refractivity contribution in [1.82, 2.24) is 4.90 Å². The van der Waals surface area contributed by atoms with E-state index in [1.807, 2.05) is 30.3 Å². The van der Waals surface area contributed by atoms with Crippen LogP contribution in [0.25, 0.3) is 0 Å². The minimum absolute atomic E-state index is 0.0836. The second kappa shape index (κ2) is 9.51. The minimum atomic E-state index is -1.55. The van der Waals surface area contributed by atoms with Crippen LogP contribution in [0.4, 0.5) is 4.79 Å². The van der Waals surface area contributed by atoms with Crippen LogP contribution in [0.2, 0.25) is 0 Å². The van der Waals surface area contributed by atoms with Gasteiger partial charge in [-0.1, -0.05) is 36.9 Å². The molecule has 0 aromatic heterocycles. The van der Waals surface area contributed by atoms with E-state index in [0.717, 1.165) is 24.2 Å². The number of benzene rings is 1. The molecule has 2 N–H and O–H groups in total. The van der Waals surface area contributed by atoms with E-state index in [1.54, 1.807) is 12.0 Å². The SMILES string of the molecule is C=CC(C)CC[C@@H]1C[C@H](O)C[C@](O)(C2CSC(=O)N2Cc2ccc(OC)cc2)O1. The van der Waals surface area contributed by atoms with Crippen LogP contribution in [0.1, 0.15) is 38.2 Å². The molecule has 2 aliphatic rings. The van der Waals surface area contributed by atoms with Crippen molar-refractivity contribution < 1.29 is 24.5 Å². The van der Waals surface area contributed by atoms with Crippen molar-refractivity contribution in [2.24, 2.45) is 5.92 Å². The summed E-state index contributed by atoms with van der Waals surface area (Å²) in [4.78, 5) is 14.2. The van der Waals surface area contributed by atoms with Gasteiger partial charge in [-0.25, -0.2) is 0 Å². The van der Waals surface area contributed by atoms with Gasteiger partial charge in [-0.05, 0) is 42.9 Å². The van der Waals surface area contributed by atoms with Gasteiger partial charge in [0.1, 0.15) is 5.75 Å². The van der Waals surface area contributed by atoms with E-state index in [0.29, 0.717) is 24.6 Å². The van der Waals surface area contributed by atoms with Gasteiger partial charge < -0.3 is 24.6 Å². The first-order valence-corrected chi connectivity index (χ1v) is 11.1. The van der Waals surface area contributed by atoms with Crippen LogP contribution in [0.3, 0.4) is 0 Å². The van der Waals surface area contributed by atoms with Gasteiger partial charge in [0.15, 0.2) is 5.79 Å². The fourth-order valence-electron chi connectivity index (χ4n) is 3.99. The molecule has 29 heavy (non-hydrogen) atoms. The summed E-state index contributed by atoms with van der Waals surface area (Å²) < 4.78 is 11.3. The van der Waals surface area contributed by atoms with E-state index >= 15 is 0 Å². The molecule has 0 saturated carbocycles. The third kappa shape index (κ3) is 5.34. The van der Waals surface area contributed by atoms with E-state index in [9.17, 15) is 15.0 Å². The normalized spacial score (nSPS) is 31.0. The molecule has 7 heteroatoms. The lowest BCUT2D eigenvalue weighted by Gasteiger charge is -2.45. The van der Waals surface area contributed by atoms with Crippen molar-refractivity contribution in [3.8, 4) is 5.75 Å². The van der Waals surface area contributed by atoms with Crippen LogP contribution in [0, 0.1) is 5.92 Å². The van der Waals surface area contributed by atoms with Crippen LogP contribution in [0.15, 0.2) is 36.9 Å². The average molecular weight is 422 g/mol. The molecule has 0 bridgehead atoms. The number of allylic oxidation sites excluding steroid dienone is 1. The van der Waals surface area contributed by atoms with Crippen molar-refractivity contribution in [1.29, 1.82) is 0 Å². The Hall–Kier alpha value is -1.54. The van der Waals surface area contributed by atoms with Crippen molar-refractivity contribution in [2.45, 2.75) is 63.2 Å². The molecular formula is C22H31NO5S. The van der Waals surface area contributed by atoms with Crippen molar-refractivity contribution in [2.75, 3.05) is 12.9 Å². The molecule has 2 unspecified atom stereocenters. The number of carbonyl (C=O) groups is 1. The van der Waals surface area contributed by atoms with Gasteiger partial charge in [-0.3, -0.25) is 4.79 Å². The molecular weight excluding hydrogens is 390 g/mol. The quantitative estimate of drug-likeness (QED) is 0.625. The molecule has 1 aromatic rings. The monoisotopic (exact) mass is 421 g/mol. The molecule has 2 heterocycles. The highest BCUT2D eigenvalue weighted by molar-refractivity contribution is 8.13. The number of ether oxygens (including phenoxy) is 2. The van der Waals surface area contributed by atoms with Gasteiger partial charge in [0.25, 0.3) is 5.24 Å². The van der Waals surface area contributed by atoms with Gasteiger partial charge in [-0.15, -0.1) is 6.58 Å². The molecule has 2 aliphatic heterocycles. The first-order valence-electron chi connectivity index (χ1n) is 10.1. The van der Waals surface area contributed by atoms with Crippen molar-refractivity contribution >= 4 is 17.0 Å². The minimum Gasteiger partial charge on any atom is -0.497 e. The van der Waals surface area contributed by atoms with Gasteiger partial charge >= 0.3 is 0 Å². The number of rotatable bonds is 8. The Morgan fingerprint density at radius 3 is 2.83 bits per heavy atom. The van der Waals surface area contributed by atoms with Gasteiger partial charge in [0.2, 0.25) is 0 Å². The number of thioether (sulfide) groups is 1. The van der Waals surface area contributed by atoms with E-state index in [1.165, 1.54) is 11.8 Å². The van der Waals surface area contributed by atoms with Crippen LogP contribution in [0.5, 0.6) is 5.75 Å². The lowest BCUT2D eigenvalue weighted by Crippen LogP contribution is -2.59. The molecule has 0 radical (unpaired) electrons. The van der Waals surface area contributed by atoms with Crippen LogP contribution >= 0.6 is 11.8 Å². The standard InChI is InChI=1S/C22H31NO5S/c1-4-15(2)5-8-19-11-17(24)12-22(26,28-19)20-14-29-21(25)23(20)13-16-6-9-18(27-3)10-7-16/h4,6-7,9-10,15,17,19-20,24,26H,1,5,8,11-14H2,2-3H3/t15?,17-,19+,20?,22+/m0/s1. The smallest absolute Gasteiger partial charge is 0.282 e. The van der Waals surface area contributed by atoms with Crippen LogP contribution in [-0.2, 0) is 11.3 Å². The summed E-state index contributed by atoms with van der Waals surface area (Å²) >= 11 is 1.18. The third-order valence-corrected chi connectivity index (χ3v) is 6.75. The molecule has 160 valence electrons.